The first-order valence-corrected chi connectivity index (χ1v) is 9.94. The average molecular weight is 375 g/mol. The minimum absolute atomic E-state index is 0.0375. The van der Waals surface area contributed by atoms with E-state index in [1.54, 1.807) is 0 Å². The fraction of sp³-hybridized carbons (Fsp3) is 0.455. The van der Waals surface area contributed by atoms with Gasteiger partial charge in [0.05, 0.1) is 18.8 Å². The molecule has 1 amide bonds. The largest absolute Gasteiger partial charge is 0.349 e. The van der Waals surface area contributed by atoms with E-state index in [1.165, 1.54) is 11.3 Å². The minimum atomic E-state index is -0.401. The van der Waals surface area contributed by atoms with Gasteiger partial charge < -0.3 is 5.32 Å². The molecule has 1 aromatic heterocycles. The number of fused-ring (bicyclic) bond motifs is 1. The summed E-state index contributed by atoms with van der Waals surface area (Å²) in [6.45, 7) is 0.761. The van der Waals surface area contributed by atoms with Gasteiger partial charge in [0, 0.05) is 36.9 Å². The smallest absolute Gasteiger partial charge is 0.220 e. The summed E-state index contributed by atoms with van der Waals surface area (Å²) in [6.07, 6.45) is 12.7. The lowest BCUT2D eigenvalue weighted by atomic mass is 9.92. The highest BCUT2D eigenvalue weighted by atomic mass is 16.1. The molecule has 0 bridgehead atoms. The highest BCUT2D eigenvalue weighted by Crippen LogP contribution is 2.37. The molecule has 1 aliphatic heterocycles. The third-order valence-corrected chi connectivity index (χ3v) is 5.58. The second kappa shape index (κ2) is 7.97. The predicted octanol–water partition coefficient (Wildman–Crippen LogP) is 3.78. The van der Waals surface area contributed by atoms with E-state index in [9.17, 15) is 4.79 Å². The lowest BCUT2D eigenvalue weighted by molar-refractivity contribution is -0.122. The average Bonchev–Trinajstić information content (AvgIpc) is 3.38. The van der Waals surface area contributed by atoms with Gasteiger partial charge in [0.1, 0.15) is 0 Å². The number of aromatic nitrogens is 2. The molecule has 2 heterocycles. The van der Waals surface area contributed by atoms with Crippen LogP contribution in [0.2, 0.25) is 0 Å². The molecule has 1 N–H and O–H groups in total. The maximum atomic E-state index is 12.5. The second-order valence-electron chi connectivity index (χ2n) is 7.59. The van der Waals surface area contributed by atoms with E-state index in [2.05, 4.69) is 43.4 Å². The van der Waals surface area contributed by atoms with Crippen molar-refractivity contribution in [2.45, 2.75) is 63.2 Å². The van der Waals surface area contributed by atoms with E-state index < -0.39 is 5.66 Å². The Morgan fingerprint density at radius 2 is 2.11 bits per heavy atom. The van der Waals surface area contributed by atoms with E-state index in [0.29, 0.717) is 19.3 Å². The van der Waals surface area contributed by atoms with Crippen LogP contribution >= 0.6 is 0 Å². The van der Waals surface area contributed by atoms with Gasteiger partial charge >= 0.3 is 0 Å². The zero-order valence-electron chi connectivity index (χ0n) is 16.0. The number of hydrogen-bond acceptors (Lipinski definition) is 4. The summed E-state index contributed by atoms with van der Waals surface area (Å²) in [5.74, 6) is 2.67. The Morgan fingerprint density at radius 1 is 1.29 bits per heavy atom. The number of carbonyl (C=O) groups excluding carboxylic acids is 1. The third kappa shape index (κ3) is 4.14. The lowest BCUT2D eigenvalue weighted by Gasteiger charge is -2.24. The Hall–Kier alpha value is -2.94. The molecular formula is C22H25N5O. The molecule has 1 aliphatic carbocycles. The molecule has 0 radical (unpaired) electrons. The van der Waals surface area contributed by atoms with Crippen LogP contribution in [0.25, 0.3) is 0 Å². The van der Waals surface area contributed by atoms with Gasteiger partial charge in [-0.15, -0.1) is 12.3 Å². The molecule has 2 aromatic rings. The summed E-state index contributed by atoms with van der Waals surface area (Å²) in [6, 6.07) is 10.4. The van der Waals surface area contributed by atoms with Crippen LogP contribution in [0.5, 0.6) is 0 Å². The third-order valence-electron chi connectivity index (χ3n) is 5.58. The van der Waals surface area contributed by atoms with Crippen molar-refractivity contribution in [1.82, 2.24) is 15.1 Å². The van der Waals surface area contributed by atoms with Crippen molar-refractivity contribution in [1.29, 1.82) is 0 Å². The van der Waals surface area contributed by atoms with Crippen LogP contribution in [0.3, 0.4) is 0 Å². The Bertz CT molecular complexity index is 903. The maximum absolute atomic E-state index is 12.5. The molecule has 0 saturated heterocycles. The summed E-state index contributed by atoms with van der Waals surface area (Å²) in [7, 11) is 0. The fourth-order valence-electron chi connectivity index (χ4n) is 3.91. The van der Waals surface area contributed by atoms with Gasteiger partial charge in [0.2, 0.25) is 5.91 Å². The number of carbonyl (C=O) groups is 1. The molecule has 1 unspecified atom stereocenters. The molecule has 1 atom stereocenters. The van der Waals surface area contributed by atoms with Crippen LogP contribution in [0.4, 0.5) is 0 Å². The van der Waals surface area contributed by atoms with Crippen LogP contribution < -0.4 is 5.32 Å². The number of benzene rings is 1. The molecule has 144 valence electrons. The van der Waals surface area contributed by atoms with Gasteiger partial charge in [-0.2, -0.15) is 15.3 Å². The first-order valence-electron chi connectivity index (χ1n) is 9.94. The molecule has 2 aliphatic rings. The van der Waals surface area contributed by atoms with Crippen LogP contribution in [0, 0.1) is 12.3 Å². The zero-order valence-corrected chi connectivity index (χ0v) is 16.0. The number of nitrogens with one attached hydrogen (secondary N) is 1. The van der Waals surface area contributed by atoms with Gasteiger partial charge in [-0.1, -0.05) is 30.3 Å². The highest BCUT2D eigenvalue weighted by Gasteiger charge is 2.39. The quantitative estimate of drug-likeness (QED) is 0.713. The fourth-order valence-corrected chi connectivity index (χ4v) is 3.91. The van der Waals surface area contributed by atoms with Crippen molar-refractivity contribution in [3.05, 3.63) is 53.3 Å². The molecule has 0 saturated carbocycles. The maximum Gasteiger partial charge on any atom is 0.220 e. The molecule has 1 aromatic carbocycles. The topological polar surface area (TPSA) is 71.6 Å². The van der Waals surface area contributed by atoms with Crippen molar-refractivity contribution < 1.29 is 4.79 Å². The van der Waals surface area contributed by atoms with Gasteiger partial charge in [-0.3, -0.25) is 9.48 Å². The SMILES string of the molecule is C#CCCC1(CCC(=O)NC2CCCc3c2cnn3Cc2ccccc2)N=N1. The molecule has 6 heteroatoms. The molecule has 0 fully saturated rings. The van der Waals surface area contributed by atoms with E-state index in [0.717, 1.165) is 37.8 Å². The van der Waals surface area contributed by atoms with E-state index in [1.807, 2.05) is 24.4 Å². The first-order chi connectivity index (χ1) is 13.7. The summed E-state index contributed by atoms with van der Waals surface area (Å²) < 4.78 is 2.07. The van der Waals surface area contributed by atoms with Gasteiger partial charge in [0.25, 0.3) is 0 Å². The normalized spacial score (nSPS) is 18.9. The molecule has 4 rings (SSSR count). The van der Waals surface area contributed by atoms with Crippen LogP contribution in [-0.4, -0.2) is 21.4 Å². The van der Waals surface area contributed by atoms with Crippen LogP contribution in [0.1, 0.15) is 61.4 Å². The van der Waals surface area contributed by atoms with Crippen molar-refractivity contribution in [2.24, 2.45) is 10.2 Å². The van der Waals surface area contributed by atoms with Crippen molar-refractivity contribution >= 4 is 5.91 Å². The number of nitrogens with zero attached hydrogens (tertiary/aromatic N) is 4. The van der Waals surface area contributed by atoms with Gasteiger partial charge in [-0.05, 0) is 24.8 Å². The monoisotopic (exact) mass is 375 g/mol. The standard InChI is InChI=1S/C22H25N5O/c1-2-3-13-22(25-26-22)14-12-21(28)24-19-10-7-11-20-18(19)15-23-27(20)16-17-8-5-4-6-9-17/h1,4-6,8-9,15,19H,3,7,10-14,16H2,(H,24,28). The Morgan fingerprint density at radius 3 is 2.86 bits per heavy atom. The van der Waals surface area contributed by atoms with Crippen LogP contribution in [-0.2, 0) is 17.8 Å². The number of rotatable bonds is 8. The minimum Gasteiger partial charge on any atom is -0.349 e. The molecule has 0 spiro atoms. The Balaban J connectivity index is 1.36. The van der Waals surface area contributed by atoms with Crippen molar-refractivity contribution in [2.75, 3.05) is 0 Å². The van der Waals surface area contributed by atoms with Gasteiger partial charge in [-0.25, -0.2) is 0 Å². The number of terminal acetylenes is 1. The number of hydrogen-bond donors (Lipinski definition) is 1. The predicted molar refractivity (Wildman–Crippen MR) is 106 cm³/mol. The highest BCUT2D eigenvalue weighted by molar-refractivity contribution is 5.76. The second-order valence-corrected chi connectivity index (χ2v) is 7.59. The Kier molecular flexibility index (Phi) is 5.25. The number of amides is 1. The van der Waals surface area contributed by atoms with E-state index in [-0.39, 0.29) is 11.9 Å². The molecule has 28 heavy (non-hydrogen) atoms. The summed E-state index contributed by atoms with van der Waals surface area (Å²) in [5, 5.41) is 16.0. The summed E-state index contributed by atoms with van der Waals surface area (Å²) in [5.41, 5.74) is 3.22. The zero-order chi connectivity index (χ0) is 19.4. The van der Waals surface area contributed by atoms with E-state index >= 15 is 0 Å². The first kappa shape index (κ1) is 18.4. The summed E-state index contributed by atoms with van der Waals surface area (Å²) in [4.78, 5) is 12.5. The summed E-state index contributed by atoms with van der Waals surface area (Å²) >= 11 is 0. The van der Waals surface area contributed by atoms with Crippen molar-refractivity contribution in [3.63, 3.8) is 0 Å². The van der Waals surface area contributed by atoms with E-state index in [4.69, 9.17) is 6.42 Å². The molecular weight excluding hydrogens is 350 g/mol. The van der Waals surface area contributed by atoms with Crippen molar-refractivity contribution in [3.8, 4) is 12.3 Å². The van der Waals surface area contributed by atoms with Crippen LogP contribution in [0.15, 0.2) is 46.8 Å². The molecule has 6 nitrogen and oxygen atoms in total. The Labute approximate surface area is 165 Å². The van der Waals surface area contributed by atoms with Gasteiger partial charge in [0.15, 0.2) is 5.66 Å². The lowest BCUT2D eigenvalue weighted by Crippen LogP contribution is -2.31.